The fraction of sp³-hybridized carbons (Fsp3) is 0.682. The smallest absolute Gasteiger partial charge is 0.230 e. The Bertz CT molecular complexity index is 818. The van der Waals surface area contributed by atoms with E-state index in [9.17, 15) is 9.59 Å². The number of hydrogen-bond donors (Lipinski definition) is 2. The van der Waals surface area contributed by atoms with Gasteiger partial charge in [0.1, 0.15) is 0 Å². The van der Waals surface area contributed by atoms with E-state index in [1.54, 1.807) is 6.20 Å². The second-order valence-corrected chi connectivity index (χ2v) is 11.1. The highest BCUT2D eigenvalue weighted by atomic mass is 79.9. The number of thiazole rings is 1. The normalized spacial score (nSPS) is 27.7. The first kappa shape index (κ1) is 22.0. The highest BCUT2D eigenvalue weighted by molar-refractivity contribution is 9.11. The SMILES string of the molecule is CCN(CC)CCCCNC(=O)[C@H]1[C@H](C(=O)Nc2ncc(Br)s2)[C@@H]2C=C[C@H]1C21CC1. The average molecular weight is 495 g/mol. The third-order valence-electron chi connectivity index (χ3n) is 7.25. The molecule has 1 spiro atoms. The maximum atomic E-state index is 13.2. The zero-order chi connectivity index (χ0) is 21.3. The second kappa shape index (κ2) is 9.09. The molecular weight excluding hydrogens is 464 g/mol. The maximum Gasteiger partial charge on any atom is 0.230 e. The Morgan fingerprint density at radius 2 is 1.83 bits per heavy atom. The van der Waals surface area contributed by atoms with Gasteiger partial charge in [-0.3, -0.25) is 9.59 Å². The van der Waals surface area contributed by atoms with Crippen LogP contribution in [0.1, 0.15) is 39.5 Å². The minimum absolute atomic E-state index is 0.0430. The lowest BCUT2D eigenvalue weighted by Crippen LogP contribution is -2.42. The molecule has 0 aliphatic heterocycles. The van der Waals surface area contributed by atoms with Crippen molar-refractivity contribution in [3.63, 3.8) is 0 Å². The third kappa shape index (κ3) is 4.10. The zero-order valence-electron chi connectivity index (χ0n) is 17.7. The number of anilines is 1. The number of carbonyl (C=O) groups is 2. The standard InChI is InChI=1S/C22H31BrN4O2S/c1-3-27(4-2)12-6-5-11-24-19(28)17-14-7-8-15(22(14)9-10-22)18(17)20(29)26-21-25-13-16(23)30-21/h7-8,13-15,17-18H,3-6,9-12H2,1-2H3,(H,24,28)(H,25,26,29)/t14-,15+,17-,18-/m1/s1. The van der Waals surface area contributed by atoms with Gasteiger partial charge in [-0.1, -0.05) is 37.3 Å². The van der Waals surface area contributed by atoms with Crippen molar-refractivity contribution < 1.29 is 9.59 Å². The lowest BCUT2D eigenvalue weighted by atomic mass is 9.81. The lowest BCUT2D eigenvalue weighted by molar-refractivity contribution is -0.132. The van der Waals surface area contributed by atoms with E-state index >= 15 is 0 Å². The molecule has 0 aromatic carbocycles. The quantitative estimate of drug-likeness (QED) is 0.381. The van der Waals surface area contributed by atoms with Crippen LogP contribution in [0.25, 0.3) is 0 Å². The summed E-state index contributed by atoms with van der Waals surface area (Å²) in [5, 5.41) is 6.69. The molecule has 6 nitrogen and oxygen atoms in total. The largest absolute Gasteiger partial charge is 0.356 e. The molecule has 2 saturated carbocycles. The fourth-order valence-corrected chi connectivity index (χ4v) is 6.65. The molecule has 1 aromatic rings. The molecule has 2 bridgehead atoms. The van der Waals surface area contributed by atoms with Crippen molar-refractivity contribution in [2.75, 3.05) is 31.5 Å². The van der Waals surface area contributed by atoms with Crippen molar-refractivity contribution in [3.05, 3.63) is 22.1 Å². The predicted molar refractivity (Wildman–Crippen MR) is 123 cm³/mol. The summed E-state index contributed by atoms with van der Waals surface area (Å²) in [6.07, 6.45) is 10.4. The van der Waals surface area contributed by atoms with E-state index in [0.717, 1.165) is 49.1 Å². The maximum absolute atomic E-state index is 13.2. The first-order valence-corrected chi connectivity index (χ1v) is 12.7. The second-order valence-electron chi connectivity index (χ2n) is 8.70. The van der Waals surface area contributed by atoms with Crippen LogP contribution in [0.3, 0.4) is 0 Å². The van der Waals surface area contributed by atoms with Gasteiger partial charge in [0.25, 0.3) is 0 Å². The number of nitrogens with zero attached hydrogens (tertiary/aromatic N) is 2. The Kier molecular flexibility index (Phi) is 6.65. The molecule has 0 saturated heterocycles. The summed E-state index contributed by atoms with van der Waals surface area (Å²) < 4.78 is 0.878. The van der Waals surface area contributed by atoms with E-state index in [-0.39, 0.29) is 40.9 Å². The number of nitrogens with one attached hydrogen (secondary N) is 2. The third-order valence-corrected chi connectivity index (χ3v) is 8.64. The van der Waals surface area contributed by atoms with Crippen molar-refractivity contribution in [2.45, 2.75) is 39.5 Å². The van der Waals surface area contributed by atoms with E-state index < -0.39 is 0 Å². The number of rotatable bonds is 10. The zero-order valence-corrected chi connectivity index (χ0v) is 20.1. The van der Waals surface area contributed by atoms with E-state index in [4.69, 9.17) is 0 Å². The summed E-state index contributed by atoms with van der Waals surface area (Å²) in [5.41, 5.74) is 0.149. The summed E-state index contributed by atoms with van der Waals surface area (Å²) in [6, 6.07) is 0. The molecule has 30 heavy (non-hydrogen) atoms. The van der Waals surface area contributed by atoms with Crippen molar-refractivity contribution >= 4 is 44.2 Å². The summed E-state index contributed by atoms with van der Waals surface area (Å²) in [6.45, 7) is 8.23. The van der Waals surface area contributed by atoms with Crippen LogP contribution < -0.4 is 10.6 Å². The monoisotopic (exact) mass is 494 g/mol. The van der Waals surface area contributed by atoms with E-state index in [1.165, 1.54) is 11.3 Å². The Labute approximate surface area is 191 Å². The van der Waals surface area contributed by atoms with E-state index in [0.29, 0.717) is 11.7 Å². The van der Waals surface area contributed by atoms with Crippen molar-refractivity contribution in [3.8, 4) is 0 Å². The van der Waals surface area contributed by atoms with Gasteiger partial charge in [-0.25, -0.2) is 4.98 Å². The van der Waals surface area contributed by atoms with Gasteiger partial charge < -0.3 is 15.5 Å². The number of hydrogen-bond acceptors (Lipinski definition) is 5. The summed E-state index contributed by atoms with van der Waals surface area (Å²) >= 11 is 4.78. The van der Waals surface area contributed by atoms with Crippen LogP contribution in [0.5, 0.6) is 0 Å². The van der Waals surface area contributed by atoms with Gasteiger partial charge >= 0.3 is 0 Å². The molecule has 4 rings (SSSR count). The van der Waals surface area contributed by atoms with Crippen molar-refractivity contribution in [1.82, 2.24) is 15.2 Å². The van der Waals surface area contributed by atoms with Gasteiger partial charge in [0.2, 0.25) is 11.8 Å². The van der Waals surface area contributed by atoms with Crippen molar-refractivity contribution in [1.29, 1.82) is 0 Å². The summed E-state index contributed by atoms with van der Waals surface area (Å²) in [7, 11) is 0. The molecule has 2 fully saturated rings. The Hall–Kier alpha value is -1.25. The van der Waals surface area contributed by atoms with E-state index in [2.05, 4.69) is 62.4 Å². The number of unbranched alkanes of at least 4 members (excludes halogenated alkanes) is 1. The number of halogens is 1. The fourth-order valence-electron chi connectivity index (χ4n) is 5.54. The van der Waals surface area contributed by atoms with Gasteiger partial charge in [0.05, 0.1) is 21.8 Å². The number of carbonyl (C=O) groups excluding carboxylic acids is 2. The molecule has 0 unspecified atom stereocenters. The van der Waals surface area contributed by atoms with Gasteiger partial charge in [-0.2, -0.15) is 0 Å². The van der Waals surface area contributed by atoms with Crippen LogP contribution in [0, 0.1) is 29.1 Å². The molecule has 2 amide bonds. The van der Waals surface area contributed by atoms with E-state index in [1.807, 2.05) is 0 Å². The molecule has 1 aromatic heterocycles. The molecule has 1 heterocycles. The van der Waals surface area contributed by atoms with Crippen molar-refractivity contribution in [2.24, 2.45) is 29.1 Å². The molecule has 4 atom stereocenters. The van der Waals surface area contributed by atoms with Crippen LogP contribution in [0.2, 0.25) is 0 Å². The van der Waals surface area contributed by atoms with Crippen LogP contribution in [-0.4, -0.2) is 47.9 Å². The highest BCUT2D eigenvalue weighted by Crippen LogP contribution is 2.72. The van der Waals surface area contributed by atoms with Crippen LogP contribution in [-0.2, 0) is 9.59 Å². The molecular formula is C22H31BrN4O2S. The number of allylic oxidation sites excluding steroid dienone is 2. The first-order valence-electron chi connectivity index (χ1n) is 11.1. The molecule has 164 valence electrons. The average Bonchev–Trinajstić information content (AvgIpc) is 3.23. The minimum Gasteiger partial charge on any atom is -0.356 e. The minimum atomic E-state index is -0.305. The molecule has 0 radical (unpaired) electrons. The van der Waals surface area contributed by atoms with Gasteiger partial charge in [-0.05, 0) is 78.5 Å². The molecule has 8 heteroatoms. The first-order chi connectivity index (χ1) is 14.5. The predicted octanol–water partition coefficient (Wildman–Crippen LogP) is 3.91. The number of amides is 2. The summed E-state index contributed by atoms with van der Waals surface area (Å²) in [5.74, 6) is -0.237. The molecule has 3 aliphatic carbocycles. The van der Waals surface area contributed by atoms with Gasteiger partial charge in [-0.15, -0.1) is 0 Å². The number of aromatic nitrogens is 1. The Morgan fingerprint density at radius 1 is 1.17 bits per heavy atom. The Morgan fingerprint density at radius 3 is 2.40 bits per heavy atom. The summed E-state index contributed by atoms with van der Waals surface area (Å²) in [4.78, 5) is 33.0. The van der Waals surface area contributed by atoms with Crippen LogP contribution in [0.15, 0.2) is 22.1 Å². The molecule has 2 N–H and O–H groups in total. The van der Waals surface area contributed by atoms with Crippen LogP contribution in [0.4, 0.5) is 5.13 Å². The topological polar surface area (TPSA) is 74.3 Å². The van der Waals surface area contributed by atoms with Gasteiger partial charge in [0.15, 0.2) is 5.13 Å². The van der Waals surface area contributed by atoms with Gasteiger partial charge in [0, 0.05) is 6.54 Å². The lowest BCUT2D eigenvalue weighted by Gasteiger charge is -2.26. The molecule has 3 aliphatic rings. The van der Waals surface area contributed by atoms with Crippen LogP contribution >= 0.6 is 27.3 Å². The highest BCUT2D eigenvalue weighted by Gasteiger charge is 2.69. The Balaban J connectivity index is 1.37.